The van der Waals surface area contributed by atoms with Crippen molar-refractivity contribution >= 4 is 5.91 Å². The number of amides is 1. The number of piperazine rings is 1. The van der Waals surface area contributed by atoms with Gasteiger partial charge in [-0.3, -0.25) is 9.69 Å². The van der Waals surface area contributed by atoms with Crippen molar-refractivity contribution in [2.75, 3.05) is 26.2 Å². The third kappa shape index (κ3) is 3.18. The molecule has 5 nitrogen and oxygen atoms in total. The Hall–Kier alpha value is -2.14. The monoisotopic (exact) mass is 365 g/mol. The van der Waals surface area contributed by atoms with E-state index in [-0.39, 0.29) is 5.91 Å². The first-order valence-electron chi connectivity index (χ1n) is 10.4. The smallest absolute Gasteiger partial charge is 0.276 e. The number of fused-ring (bicyclic) bond motifs is 2. The topological polar surface area (TPSA) is 49.6 Å². The van der Waals surface area contributed by atoms with Gasteiger partial charge in [-0.25, -0.2) is 0 Å². The van der Waals surface area contributed by atoms with Gasteiger partial charge in [0.05, 0.1) is 0 Å². The van der Waals surface area contributed by atoms with Crippen molar-refractivity contribution in [3.63, 3.8) is 0 Å². The minimum atomic E-state index is 0.0653. The molecule has 27 heavy (non-hydrogen) atoms. The first-order chi connectivity index (χ1) is 13.3. The molecule has 1 aromatic heterocycles. The van der Waals surface area contributed by atoms with Crippen molar-refractivity contribution in [3.8, 4) is 0 Å². The summed E-state index contributed by atoms with van der Waals surface area (Å²) >= 11 is 0. The molecule has 1 atom stereocenters. The lowest BCUT2D eigenvalue weighted by molar-refractivity contribution is 0.0543. The van der Waals surface area contributed by atoms with E-state index in [4.69, 9.17) is 4.52 Å². The van der Waals surface area contributed by atoms with Crippen molar-refractivity contribution in [1.29, 1.82) is 0 Å². The molecule has 0 radical (unpaired) electrons. The van der Waals surface area contributed by atoms with Crippen LogP contribution in [-0.2, 0) is 25.7 Å². The summed E-state index contributed by atoms with van der Waals surface area (Å²) in [7, 11) is 0. The number of carbonyl (C=O) groups is 1. The SMILES string of the molecule is O=C(c1noc2c1CCCC2)N1CCN(C2CCc3ccccc3C2)CC1. The molecule has 1 unspecified atom stereocenters. The number of hydrogen-bond donors (Lipinski definition) is 0. The van der Waals surface area contributed by atoms with Gasteiger partial charge in [0.15, 0.2) is 5.69 Å². The summed E-state index contributed by atoms with van der Waals surface area (Å²) in [5, 5.41) is 4.13. The fraction of sp³-hybridized carbons (Fsp3) is 0.545. The predicted molar refractivity (Wildman–Crippen MR) is 103 cm³/mol. The Morgan fingerprint density at radius 3 is 2.63 bits per heavy atom. The zero-order chi connectivity index (χ0) is 18.2. The van der Waals surface area contributed by atoms with Crippen molar-refractivity contribution in [2.45, 2.75) is 51.0 Å². The molecule has 5 heteroatoms. The average molecular weight is 365 g/mol. The van der Waals surface area contributed by atoms with Gasteiger partial charge in [-0.1, -0.05) is 29.4 Å². The van der Waals surface area contributed by atoms with Crippen LogP contribution < -0.4 is 0 Å². The van der Waals surface area contributed by atoms with E-state index in [1.54, 1.807) is 0 Å². The first kappa shape index (κ1) is 17.0. The molecular formula is C22H27N3O2. The number of aryl methyl sites for hydroxylation is 2. The molecule has 5 rings (SSSR count). The van der Waals surface area contributed by atoms with Crippen LogP contribution in [0.4, 0.5) is 0 Å². The van der Waals surface area contributed by atoms with Gasteiger partial charge in [0.1, 0.15) is 5.76 Å². The summed E-state index contributed by atoms with van der Waals surface area (Å²) in [4.78, 5) is 17.5. The molecule has 1 aromatic carbocycles. The number of carbonyl (C=O) groups excluding carboxylic acids is 1. The second-order valence-corrected chi connectivity index (χ2v) is 8.13. The Balaban J connectivity index is 1.22. The van der Waals surface area contributed by atoms with Crippen LogP contribution in [-0.4, -0.2) is 53.1 Å². The third-order valence-corrected chi connectivity index (χ3v) is 6.59. The van der Waals surface area contributed by atoms with Crippen molar-refractivity contribution in [3.05, 3.63) is 52.4 Å². The molecule has 142 valence electrons. The Morgan fingerprint density at radius 1 is 1.00 bits per heavy atom. The van der Waals surface area contributed by atoms with Gasteiger partial charge in [-0.15, -0.1) is 0 Å². The van der Waals surface area contributed by atoms with Gasteiger partial charge in [-0.2, -0.15) is 0 Å². The molecule has 3 aliphatic rings. The highest BCUT2D eigenvalue weighted by atomic mass is 16.5. The van der Waals surface area contributed by atoms with Crippen LogP contribution in [0.15, 0.2) is 28.8 Å². The van der Waals surface area contributed by atoms with Gasteiger partial charge >= 0.3 is 0 Å². The summed E-state index contributed by atoms with van der Waals surface area (Å²) in [6, 6.07) is 9.44. The predicted octanol–water partition coefficient (Wildman–Crippen LogP) is 2.87. The number of hydrogen-bond acceptors (Lipinski definition) is 4. The van der Waals surface area contributed by atoms with Crippen LogP contribution in [0.3, 0.4) is 0 Å². The Morgan fingerprint density at radius 2 is 1.78 bits per heavy atom. The molecule has 1 amide bonds. The molecule has 1 saturated heterocycles. The standard InChI is InChI=1S/C22H27N3O2/c26-22(21-19-7-3-4-8-20(19)27-23-21)25-13-11-24(12-14-25)18-10-9-16-5-1-2-6-17(16)15-18/h1-2,5-6,18H,3-4,7-15H2. The Bertz CT molecular complexity index is 836. The van der Waals surface area contributed by atoms with Gasteiger partial charge in [0.25, 0.3) is 5.91 Å². The van der Waals surface area contributed by atoms with Crippen LogP contribution in [0.5, 0.6) is 0 Å². The van der Waals surface area contributed by atoms with Gasteiger partial charge < -0.3 is 9.42 Å². The summed E-state index contributed by atoms with van der Waals surface area (Å²) in [5.74, 6) is 1.000. The van der Waals surface area contributed by atoms with Crippen molar-refractivity contribution in [1.82, 2.24) is 15.0 Å². The molecule has 2 heterocycles. The van der Waals surface area contributed by atoms with Crippen molar-refractivity contribution < 1.29 is 9.32 Å². The van der Waals surface area contributed by atoms with Gasteiger partial charge in [0, 0.05) is 44.2 Å². The Kier molecular flexibility index (Phi) is 4.48. The highest BCUT2D eigenvalue weighted by Gasteiger charge is 2.32. The van der Waals surface area contributed by atoms with Gasteiger partial charge in [0.2, 0.25) is 0 Å². The maximum Gasteiger partial charge on any atom is 0.276 e. The van der Waals surface area contributed by atoms with E-state index < -0.39 is 0 Å². The highest BCUT2D eigenvalue weighted by molar-refractivity contribution is 5.94. The van der Waals surface area contributed by atoms with Crippen LogP contribution in [0, 0.1) is 0 Å². The molecule has 0 N–H and O–H groups in total. The molecule has 2 aromatic rings. The normalized spacial score (nSPS) is 23.0. The molecular weight excluding hydrogens is 338 g/mol. The van der Waals surface area contributed by atoms with E-state index >= 15 is 0 Å². The van der Waals surface area contributed by atoms with Gasteiger partial charge in [-0.05, 0) is 49.7 Å². The maximum atomic E-state index is 13.0. The summed E-state index contributed by atoms with van der Waals surface area (Å²) in [6.07, 6.45) is 7.66. The minimum absolute atomic E-state index is 0.0653. The zero-order valence-corrected chi connectivity index (χ0v) is 15.8. The summed E-state index contributed by atoms with van der Waals surface area (Å²) in [6.45, 7) is 3.49. The number of benzene rings is 1. The van der Waals surface area contributed by atoms with Crippen molar-refractivity contribution in [2.24, 2.45) is 0 Å². The number of rotatable bonds is 2. The van der Waals surface area contributed by atoms with E-state index in [2.05, 4.69) is 34.3 Å². The van der Waals surface area contributed by atoms with E-state index in [0.717, 1.165) is 69.6 Å². The summed E-state index contributed by atoms with van der Waals surface area (Å²) < 4.78 is 5.44. The highest BCUT2D eigenvalue weighted by Crippen LogP contribution is 2.27. The Labute approximate surface area is 160 Å². The molecule has 0 spiro atoms. The maximum absolute atomic E-state index is 13.0. The quantitative estimate of drug-likeness (QED) is 0.821. The molecule has 2 aliphatic carbocycles. The molecule has 0 bridgehead atoms. The van der Waals surface area contributed by atoms with E-state index in [9.17, 15) is 4.79 Å². The molecule has 1 fully saturated rings. The second-order valence-electron chi connectivity index (χ2n) is 8.13. The van der Waals surface area contributed by atoms with Crippen LogP contribution in [0.25, 0.3) is 0 Å². The fourth-order valence-corrected chi connectivity index (χ4v) is 4.98. The largest absolute Gasteiger partial charge is 0.360 e. The lowest BCUT2D eigenvalue weighted by Gasteiger charge is -2.41. The third-order valence-electron chi connectivity index (χ3n) is 6.59. The minimum Gasteiger partial charge on any atom is -0.360 e. The van der Waals surface area contributed by atoms with Crippen LogP contribution >= 0.6 is 0 Å². The number of aromatic nitrogens is 1. The van der Waals surface area contributed by atoms with E-state index in [0.29, 0.717) is 11.7 Å². The first-order valence-corrected chi connectivity index (χ1v) is 10.4. The zero-order valence-electron chi connectivity index (χ0n) is 15.8. The average Bonchev–Trinajstić information content (AvgIpc) is 3.17. The van der Waals surface area contributed by atoms with E-state index in [1.165, 1.54) is 24.0 Å². The number of nitrogens with zero attached hydrogens (tertiary/aromatic N) is 3. The van der Waals surface area contributed by atoms with Crippen LogP contribution in [0.1, 0.15) is 52.2 Å². The lowest BCUT2D eigenvalue weighted by atomic mass is 9.87. The lowest BCUT2D eigenvalue weighted by Crippen LogP contribution is -2.53. The molecule has 1 aliphatic heterocycles. The van der Waals surface area contributed by atoms with E-state index in [1.807, 2.05) is 4.90 Å². The molecule has 0 saturated carbocycles. The second kappa shape index (κ2) is 7.12. The fourth-order valence-electron chi connectivity index (χ4n) is 4.98. The van der Waals surface area contributed by atoms with Crippen LogP contribution in [0.2, 0.25) is 0 Å². The summed E-state index contributed by atoms with van der Waals surface area (Å²) in [5.41, 5.74) is 4.65.